The van der Waals surface area contributed by atoms with E-state index in [-0.39, 0.29) is 30.9 Å². The van der Waals surface area contributed by atoms with Gasteiger partial charge in [-0.2, -0.15) is 5.10 Å². The zero-order valence-electron chi connectivity index (χ0n) is 17.3. The number of hydrogen-bond acceptors (Lipinski definition) is 4. The molecule has 1 aliphatic heterocycles. The van der Waals surface area contributed by atoms with Crippen molar-refractivity contribution in [2.45, 2.75) is 45.3 Å². The van der Waals surface area contributed by atoms with Crippen LogP contribution < -0.4 is 9.80 Å². The smallest absolute Gasteiger partial charge is 0.411 e. The third-order valence-corrected chi connectivity index (χ3v) is 5.74. The van der Waals surface area contributed by atoms with Crippen LogP contribution in [0.3, 0.4) is 0 Å². The first-order valence-corrected chi connectivity index (χ1v) is 9.99. The predicted octanol–water partition coefficient (Wildman–Crippen LogP) is 2.41. The van der Waals surface area contributed by atoms with E-state index in [1.807, 2.05) is 20.0 Å². The normalized spacial score (nSPS) is 18.2. The van der Waals surface area contributed by atoms with Crippen LogP contribution in [0.2, 0.25) is 0 Å². The second-order valence-electron chi connectivity index (χ2n) is 8.00. The van der Waals surface area contributed by atoms with E-state index >= 15 is 0 Å². The summed E-state index contributed by atoms with van der Waals surface area (Å²) in [5, 5.41) is 13.9. The van der Waals surface area contributed by atoms with E-state index in [4.69, 9.17) is 0 Å². The highest BCUT2D eigenvalue weighted by Crippen LogP contribution is 2.38. The van der Waals surface area contributed by atoms with Gasteiger partial charge in [0.2, 0.25) is 11.8 Å². The Morgan fingerprint density at radius 2 is 1.93 bits per heavy atom. The Kier molecular flexibility index (Phi) is 4.97. The van der Waals surface area contributed by atoms with Crippen molar-refractivity contribution in [1.82, 2.24) is 14.7 Å². The van der Waals surface area contributed by atoms with Crippen LogP contribution in [0, 0.1) is 0 Å². The quantitative estimate of drug-likeness (QED) is 0.833. The number of hydrogen-bond donors (Lipinski definition) is 1. The molecule has 1 aromatic heterocycles. The molecule has 1 atom stereocenters. The van der Waals surface area contributed by atoms with Gasteiger partial charge in [0.05, 0.1) is 23.6 Å². The van der Waals surface area contributed by atoms with Crippen molar-refractivity contribution < 1.29 is 19.5 Å². The molecule has 0 saturated heterocycles. The largest absolute Gasteiger partial charge is 0.465 e. The van der Waals surface area contributed by atoms with Gasteiger partial charge >= 0.3 is 6.09 Å². The van der Waals surface area contributed by atoms with Crippen LogP contribution in [0.25, 0.3) is 11.1 Å². The minimum atomic E-state index is -1.06. The minimum absolute atomic E-state index is 0.0146. The number of carbonyl (C=O) groups excluding carboxylic acids is 2. The van der Waals surface area contributed by atoms with Crippen LogP contribution in [-0.4, -0.2) is 63.4 Å². The molecule has 0 radical (unpaired) electrons. The molecule has 0 bridgehead atoms. The number of anilines is 2. The third kappa shape index (κ3) is 3.62. The maximum atomic E-state index is 12.3. The molecule has 1 saturated carbocycles. The highest BCUT2D eigenvalue weighted by atomic mass is 16.4. The molecule has 1 aliphatic carbocycles. The zero-order valence-corrected chi connectivity index (χ0v) is 17.3. The topological polar surface area (TPSA) is 99.0 Å². The summed E-state index contributed by atoms with van der Waals surface area (Å²) in [7, 11) is 1.82. The van der Waals surface area contributed by atoms with Gasteiger partial charge in [0, 0.05) is 38.3 Å². The Bertz CT molecular complexity index is 1010. The number of carbonyl (C=O) groups is 3. The highest BCUT2D eigenvalue weighted by molar-refractivity contribution is 6.02. The number of aromatic nitrogens is 2. The first kappa shape index (κ1) is 19.9. The number of amides is 3. The van der Waals surface area contributed by atoms with Crippen molar-refractivity contribution in [3.8, 4) is 11.1 Å². The van der Waals surface area contributed by atoms with E-state index in [1.165, 1.54) is 11.8 Å². The molecular weight excluding hydrogens is 386 g/mol. The molecule has 2 heterocycles. The number of carboxylic acid groups (broad SMARTS) is 1. The Morgan fingerprint density at radius 3 is 2.57 bits per heavy atom. The fourth-order valence-corrected chi connectivity index (χ4v) is 3.98. The van der Waals surface area contributed by atoms with Crippen LogP contribution in [0.4, 0.5) is 16.2 Å². The summed E-state index contributed by atoms with van der Waals surface area (Å²) in [6, 6.07) is 5.45. The van der Waals surface area contributed by atoms with Gasteiger partial charge in [-0.05, 0) is 37.5 Å². The van der Waals surface area contributed by atoms with E-state index in [0.29, 0.717) is 17.4 Å². The lowest BCUT2D eigenvalue weighted by Crippen LogP contribution is -2.51. The molecule has 0 spiro atoms. The number of fused-ring (bicyclic) bond motifs is 1. The SMILES string of the molecule is CC(=O)N1c2ccc(-c3cnn(CC(=O)N(C)C4CC4)c3)cc2N(C(=O)O)C[C@@H]1C. The minimum Gasteiger partial charge on any atom is -0.465 e. The number of nitrogens with zero attached hydrogens (tertiary/aromatic N) is 5. The molecule has 1 aromatic carbocycles. The molecule has 9 heteroatoms. The molecule has 1 N–H and O–H groups in total. The first-order valence-electron chi connectivity index (χ1n) is 9.99. The molecule has 3 amide bonds. The summed E-state index contributed by atoms with van der Waals surface area (Å²) in [5.41, 5.74) is 2.58. The van der Waals surface area contributed by atoms with Crippen LogP contribution in [0.5, 0.6) is 0 Å². The van der Waals surface area contributed by atoms with Gasteiger partial charge in [-0.3, -0.25) is 19.2 Å². The summed E-state index contributed by atoms with van der Waals surface area (Å²) in [5.74, 6) is -0.117. The summed E-state index contributed by atoms with van der Waals surface area (Å²) in [4.78, 5) is 40.9. The molecule has 30 heavy (non-hydrogen) atoms. The van der Waals surface area contributed by atoms with E-state index in [9.17, 15) is 19.5 Å². The van der Waals surface area contributed by atoms with Crippen molar-refractivity contribution >= 4 is 29.3 Å². The standard InChI is InChI=1S/C21H25N5O4/c1-13-10-25(21(29)30)19-8-15(4-7-18(19)26(13)14(2)27)16-9-22-24(11-16)12-20(28)23(3)17-5-6-17/h4,7-9,11,13,17H,5-6,10,12H2,1-3H3,(H,29,30)/t13-/m0/s1. The molecule has 1 fully saturated rings. The van der Waals surface area contributed by atoms with Crippen molar-refractivity contribution in [1.29, 1.82) is 0 Å². The van der Waals surface area contributed by atoms with Crippen LogP contribution in [0.15, 0.2) is 30.6 Å². The lowest BCUT2D eigenvalue weighted by Gasteiger charge is -2.39. The average Bonchev–Trinajstić information content (AvgIpc) is 3.44. The van der Waals surface area contributed by atoms with E-state index in [2.05, 4.69) is 5.10 Å². The van der Waals surface area contributed by atoms with Crippen LogP contribution >= 0.6 is 0 Å². The van der Waals surface area contributed by atoms with Gasteiger partial charge in [0.15, 0.2) is 0 Å². The average molecular weight is 411 g/mol. The van der Waals surface area contributed by atoms with Crippen molar-refractivity contribution in [2.75, 3.05) is 23.4 Å². The number of benzene rings is 1. The van der Waals surface area contributed by atoms with Gasteiger partial charge < -0.3 is 14.9 Å². The highest BCUT2D eigenvalue weighted by Gasteiger charge is 2.34. The lowest BCUT2D eigenvalue weighted by atomic mass is 10.0. The summed E-state index contributed by atoms with van der Waals surface area (Å²) in [6.07, 6.45) is 4.48. The second-order valence-corrected chi connectivity index (χ2v) is 8.00. The monoisotopic (exact) mass is 411 g/mol. The summed E-state index contributed by atoms with van der Waals surface area (Å²) in [6.45, 7) is 3.67. The van der Waals surface area contributed by atoms with Crippen molar-refractivity contribution in [3.05, 3.63) is 30.6 Å². The Hall–Kier alpha value is -3.36. The lowest BCUT2D eigenvalue weighted by molar-refractivity contribution is -0.131. The molecule has 2 aliphatic rings. The Morgan fingerprint density at radius 1 is 1.20 bits per heavy atom. The van der Waals surface area contributed by atoms with Gasteiger partial charge in [0.1, 0.15) is 6.54 Å². The van der Waals surface area contributed by atoms with Gasteiger partial charge in [-0.15, -0.1) is 0 Å². The summed E-state index contributed by atoms with van der Waals surface area (Å²) >= 11 is 0. The van der Waals surface area contributed by atoms with Gasteiger partial charge in [-0.25, -0.2) is 4.79 Å². The van der Waals surface area contributed by atoms with E-state index < -0.39 is 6.09 Å². The first-order chi connectivity index (χ1) is 14.3. The number of likely N-dealkylation sites (N-methyl/N-ethyl adjacent to an activating group) is 1. The molecule has 4 rings (SSSR count). The zero-order chi connectivity index (χ0) is 21.6. The molecule has 2 aromatic rings. The molecule has 0 unspecified atom stereocenters. The maximum absolute atomic E-state index is 12.3. The number of rotatable bonds is 4. The van der Waals surface area contributed by atoms with Crippen molar-refractivity contribution in [2.24, 2.45) is 0 Å². The molecular formula is C21H25N5O4. The van der Waals surface area contributed by atoms with Crippen LogP contribution in [-0.2, 0) is 16.1 Å². The van der Waals surface area contributed by atoms with E-state index in [1.54, 1.807) is 39.0 Å². The molecule has 158 valence electrons. The third-order valence-electron chi connectivity index (χ3n) is 5.74. The van der Waals surface area contributed by atoms with Crippen LogP contribution in [0.1, 0.15) is 26.7 Å². The fraction of sp³-hybridized carbons (Fsp3) is 0.429. The Labute approximate surface area is 174 Å². The summed E-state index contributed by atoms with van der Waals surface area (Å²) < 4.78 is 1.59. The second kappa shape index (κ2) is 7.47. The maximum Gasteiger partial charge on any atom is 0.411 e. The fourth-order valence-electron chi connectivity index (χ4n) is 3.98. The van der Waals surface area contributed by atoms with Crippen molar-refractivity contribution in [3.63, 3.8) is 0 Å². The molecule has 9 nitrogen and oxygen atoms in total. The van der Waals surface area contributed by atoms with E-state index in [0.717, 1.165) is 24.0 Å². The van der Waals surface area contributed by atoms with Gasteiger partial charge in [0.25, 0.3) is 0 Å². The van der Waals surface area contributed by atoms with Gasteiger partial charge in [-0.1, -0.05) is 6.07 Å². The predicted molar refractivity (Wildman–Crippen MR) is 111 cm³/mol. The Balaban J connectivity index is 1.62.